The predicted molar refractivity (Wildman–Crippen MR) is 47.8 cm³/mol. The lowest BCUT2D eigenvalue weighted by molar-refractivity contribution is 0.108. The summed E-state index contributed by atoms with van der Waals surface area (Å²) in [5.41, 5.74) is -0.239. The van der Waals surface area contributed by atoms with Gasteiger partial charge in [0.1, 0.15) is 0 Å². The zero-order valence-electron chi connectivity index (χ0n) is 7.21. The van der Waals surface area contributed by atoms with Crippen molar-refractivity contribution in [3.63, 3.8) is 0 Å². The molecule has 1 fully saturated rings. The van der Waals surface area contributed by atoms with Crippen molar-refractivity contribution in [3.8, 4) is 0 Å². The van der Waals surface area contributed by atoms with Crippen LogP contribution in [0.1, 0.15) is 20.3 Å². The second-order valence-electron chi connectivity index (χ2n) is 3.46. The molecule has 1 rings (SSSR count). The van der Waals surface area contributed by atoms with Crippen molar-refractivity contribution < 1.29 is 13.2 Å². The highest BCUT2D eigenvalue weighted by molar-refractivity contribution is 8.14. The molecule has 0 N–H and O–H groups in total. The lowest BCUT2D eigenvalue weighted by atomic mass is 10.2. The van der Waals surface area contributed by atoms with Gasteiger partial charge in [0.15, 0.2) is 0 Å². The van der Waals surface area contributed by atoms with E-state index in [1.54, 1.807) is 0 Å². The van der Waals surface area contributed by atoms with Gasteiger partial charge in [-0.15, -0.1) is 0 Å². The first-order valence-electron chi connectivity index (χ1n) is 3.91. The van der Waals surface area contributed by atoms with Crippen LogP contribution in [0.3, 0.4) is 0 Å². The molecule has 1 aliphatic rings. The van der Waals surface area contributed by atoms with E-state index in [4.69, 9.17) is 15.4 Å². The Morgan fingerprint density at radius 3 is 2.58 bits per heavy atom. The van der Waals surface area contributed by atoms with Gasteiger partial charge in [-0.1, -0.05) is 6.92 Å². The molecule has 0 spiro atoms. The molecule has 2 atom stereocenters. The Balaban J connectivity index is 2.49. The normalized spacial score (nSPS) is 35.1. The average molecular weight is 213 g/mol. The zero-order chi connectivity index (χ0) is 9.41. The fourth-order valence-corrected chi connectivity index (χ4v) is 3.45. The summed E-state index contributed by atoms with van der Waals surface area (Å²) in [7, 11) is 1.84. The smallest absolute Gasteiger partial charge is 0.236 e. The maximum Gasteiger partial charge on any atom is 0.236 e. The fourth-order valence-electron chi connectivity index (χ4n) is 1.29. The predicted octanol–water partition coefficient (Wildman–Crippen LogP) is 1.37. The van der Waals surface area contributed by atoms with Crippen molar-refractivity contribution in [2.45, 2.75) is 25.5 Å². The second kappa shape index (κ2) is 3.16. The first kappa shape index (κ1) is 10.3. The summed E-state index contributed by atoms with van der Waals surface area (Å²) in [5.74, 6) is 0. The minimum Gasteiger partial charge on any atom is -0.381 e. The van der Waals surface area contributed by atoms with Gasteiger partial charge in [-0.3, -0.25) is 0 Å². The summed E-state index contributed by atoms with van der Waals surface area (Å²) in [6.07, 6.45) is 0.624. The molecule has 0 bridgehead atoms. The van der Waals surface area contributed by atoms with Gasteiger partial charge in [-0.25, -0.2) is 8.42 Å². The van der Waals surface area contributed by atoms with Crippen LogP contribution in [0.15, 0.2) is 0 Å². The molecule has 1 aliphatic carbocycles. The molecular formula is C7H13ClO3S. The highest BCUT2D eigenvalue weighted by Crippen LogP contribution is 2.51. The van der Waals surface area contributed by atoms with Crippen molar-refractivity contribution in [3.05, 3.63) is 0 Å². The van der Waals surface area contributed by atoms with Gasteiger partial charge in [0.25, 0.3) is 0 Å². The molecule has 1 saturated carbocycles. The minimum absolute atomic E-state index is 0.239. The number of rotatable bonds is 4. The molecule has 0 heterocycles. The van der Waals surface area contributed by atoms with Gasteiger partial charge < -0.3 is 4.74 Å². The monoisotopic (exact) mass is 212 g/mol. The van der Waals surface area contributed by atoms with Crippen LogP contribution in [-0.4, -0.2) is 26.9 Å². The summed E-state index contributed by atoms with van der Waals surface area (Å²) in [4.78, 5) is 0. The Labute approximate surface area is 77.5 Å². The van der Waals surface area contributed by atoms with Crippen molar-refractivity contribution in [2.24, 2.45) is 5.41 Å². The highest BCUT2D eigenvalue weighted by atomic mass is 35.7. The number of hydrogen-bond acceptors (Lipinski definition) is 3. The number of hydrogen-bond donors (Lipinski definition) is 0. The molecule has 0 aromatic carbocycles. The third kappa shape index (κ3) is 2.12. The summed E-state index contributed by atoms with van der Waals surface area (Å²) in [6, 6.07) is 0. The lowest BCUT2D eigenvalue weighted by Gasteiger charge is -2.08. The molecule has 72 valence electrons. The van der Waals surface area contributed by atoms with Crippen LogP contribution in [0.25, 0.3) is 0 Å². The molecule has 0 unspecified atom stereocenters. The van der Waals surface area contributed by atoms with E-state index >= 15 is 0 Å². The van der Waals surface area contributed by atoms with Crippen LogP contribution in [-0.2, 0) is 13.8 Å². The van der Waals surface area contributed by atoms with Crippen molar-refractivity contribution in [1.82, 2.24) is 0 Å². The Kier molecular flexibility index (Phi) is 2.71. The molecule has 0 amide bonds. The van der Waals surface area contributed by atoms with Crippen LogP contribution >= 0.6 is 10.7 Å². The van der Waals surface area contributed by atoms with Crippen LogP contribution in [0.2, 0.25) is 0 Å². The Morgan fingerprint density at radius 2 is 2.25 bits per heavy atom. The Bertz CT molecular complexity index is 262. The first-order valence-corrected chi connectivity index (χ1v) is 6.28. The minimum atomic E-state index is -3.38. The van der Waals surface area contributed by atoms with Crippen LogP contribution in [0, 0.1) is 5.41 Å². The molecule has 0 aromatic rings. The van der Waals surface area contributed by atoms with Crippen molar-refractivity contribution in [2.75, 3.05) is 13.2 Å². The van der Waals surface area contributed by atoms with E-state index in [1.807, 2.05) is 13.8 Å². The van der Waals surface area contributed by atoms with Crippen LogP contribution in [0.5, 0.6) is 0 Å². The number of halogens is 1. The average Bonchev–Trinajstić information content (AvgIpc) is 2.59. The standard InChI is InChI=1S/C7H13ClO3S/c1-3-11-5-7(2)4-6(7)12(8,9)10/h6H,3-5H2,1-2H3/t6-,7+/m1/s1. The molecule has 5 heteroatoms. The summed E-state index contributed by atoms with van der Waals surface area (Å²) >= 11 is 0. The molecule has 0 saturated heterocycles. The van der Waals surface area contributed by atoms with Crippen molar-refractivity contribution in [1.29, 1.82) is 0 Å². The lowest BCUT2D eigenvalue weighted by Crippen LogP contribution is -2.14. The summed E-state index contributed by atoms with van der Waals surface area (Å²) < 4.78 is 26.9. The molecular weight excluding hydrogens is 200 g/mol. The van der Waals surface area contributed by atoms with E-state index < -0.39 is 14.3 Å². The molecule has 0 aliphatic heterocycles. The molecule has 12 heavy (non-hydrogen) atoms. The van der Waals surface area contributed by atoms with Gasteiger partial charge in [-0.05, 0) is 13.3 Å². The second-order valence-corrected chi connectivity index (χ2v) is 6.27. The maximum absolute atomic E-state index is 10.9. The van der Waals surface area contributed by atoms with E-state index in [2.05, 4.69) is 0 Å². The van der Waals surface area contributed by atoms with Crippen LogP contribution in [0.4, 0.5) is 0 Å². The maximum atomic E-state index is 10.9. The van der Waals surface area contributed by atoms with Gasteiger partial charge in [0, 0.05) is 22.7 Å². The Hall–Kier alpha value is 0.200. The third-order valence-corrected chi connectivity index (χ3v) is 4.31. The molecule has 0 radical (unpaired) electrons. The summed E-state index contributed by atoms with van der Waals surface area (Å²) in [6.45, 7) is 4.87. The van der Waals surface area contributed by atoms with Gasteiger partial charge in [0.05, 0.1) is 11.9 Å². The van der Waals surface area contributed by atoms with E-state index in [-0.39, 0.29) is 5.41 Å². The van der Waals surface area contributed by atoms with E-state index in [9.17, 15) is 8.42 Å². The highest BCUT2D eigenvalue weighted by Gasteiger charge is 2.57. The van der Waals surface area contributed by atoms with E-state index in [0.717, 1.165) is 0 Å². The first-order chi connectivity index (χ1) is 5.40. The molecule has 3 nitrogen and oxygen atoms in total. The van der Waals surface area contributed by atoms with E-state index in [1.165, 1.54) is 0 Å². The zero-order valence-corrected chi connectivity index (χ0v) is 8.78. The van der Waals surface area contributed by atoms with Gasteiger partial charge in [0.2, 0.25) is 9.05 Å². The van der Waals surface area contributed by atoms with E-state index in [0.29, 0.717) is 19.6 Å². The molecule has 0 aromatic heterocycles. The topological polar surface area (TPSA) is 43.4 Å². The Morgan fingerprint density at radius 1 is 1.67 bits per heavy atom. The van der Waals surface area contributed by atoms with Gasteiger partial charge >= 0.3 is 0 Å². The largest absolute Gasteiger partial charge is 0.381 e. The van der Waals surface area contributed by atoms with Crippen LogP contribution < -0.4 is 0 Å². The van der Waals surface area contributed by atoms with Crippen molar-refractivity contribution >= 4 is 19.7 Å². The third-order valence-electron chi connectivity index (χ3n) is 2.24. The fraction of sp³-hybridized carbons (Fsp3) is 1.00. The SMILES string of the molecule is CCOC[C@]1(C)C[C@H]1S(=O)(=O)Cl. The number of ether oxygens (including phenoxy) is 1. The van der Waals surface area contributed by atoms with Gasteiger partial charge in [-0.2, -0.15) is 0 Å². The summed E-state index contributed by atoms with van der Waals surface area (Å²) in [5, 5.41) is -0.404. The quantitative estimate of drug-likeness (QED) is 0.662.